The SMILES string of the molecule is CC(=O)N[C@H]1[C@@H](O[C@@H]2[C@@H](OCc3ccccc3)[C@H](C)O[C@@H](Sc3ccccc3)[C@@H]2OC(=O)c2ccccc2)O[C@H](COC(C)=O)[C@@H](OC(C)=O)[C@@H]1O[C@H]1O[C@H](COCc2ccccc2)[C@H](OCc2ccccc2)[C@H](OCc2ccccc2)[C@H]1O. The van der Waals surface area contributed by atoms with Crippen LogP contribution in [0.2, 0.25) is 0 Å². The number of esters is 3. The molecule has 3 saturated heterocycles. The Morgan fingerprint density at radius 1 is 0.488 bits per heavy atom. The van der Waals surface area contributed by atoms with Gasteiger partial charge in [-0.3, -0.25) is 14.4 Å². The summed E-state index contributed by atoms with van der Waals surface area (Å²) in [6, 6.07) is 54.3. The summed E-state index contributed by atoms with van der Waals surface area (Å²) in [5.41, 5.74) is 2.67. The number of aliphatic hydroxyl groups excluding tert-OH is 1. The molecule has 84 heavy (non-hydrogen) atoms. The number of carbonyl (C=O) groups excluding carboxylic acids is 4. The lowest BCUT2D eigenvalue weighted by Crippen LogP contribution is -2.70. The molecule has 0 aliphatic carbocycles. The summed E-state index contributed by atoms with van der Waals surface area (Å²) in [7, 11) is 0. The van der Waals surface area contributed by atoms with E-state index in [2.05, 4.69) is 5.32 Å². The molecule has 6 aromatic rings. The molecule has 0 radical (unpaired) electrons. The van der Waals surface area contributed by atoms with E-state index in [-0.39, 0.29) is 38.6 Å². The lowest BCUT2D eigenvalue weighted by atomic mass is 9.94. The van der Waals surface area contributed by atoms with Crippen molar-refractivity contribution in [3.63, 3.8) is 0 Å². The van der Waals surface area contributed by atoms with Crippen molar-refractivity contribution >= 4 is 35.6 Å². The number of benzene rings is 6. The molecule has 19 heteroatoms. The van der Waals surface area contributed by atoms with E-state index in [1.54, 1.807) is 30.3 Å². The molecule has 18 nitrogen and oxygen atoms in total. The highest BCUT2D eigenvalue weighted by Crippen LogP contribution is 2.41. The Morgan fingerprint density at radius 2 is 0.964 bits per heavy atom. The predicted octanol–water partition coefficient (Wildman–Crippen LogP) is 8.30. The van der Waals surface area contributed by atoms with Crippen LogP contribution in [0, 0.1) is 0 Å². The first-order valence-corrected chi connectivity index (χ1v) is 28.8. The highest BCUT2D eigenvalue weighted by atomic mass is 32.2. The number of nitrogens with one attached hydrogen (secondary N) is 1. The number of ether oxygens (including phenoxy) is 12. The lowest BCUT2D eigenvalue weighted by Gasteiger charge is -2.51. The van der Waals surface area contributed by atoms with Gasteiger partial charge in [0.2, 0.25) is 5.91 Å². The Hall–Kier alpha value is -6.85. The minimum atomic E-state index is -1.64. The largest absolute Gasteiger partial charge is 0.463 e. The minimum absolute atomic E-state index is 0.0386. The third-order valence-corrected chi connectivity index (χ3v) is 15.3. The first kappa shape index (κ1) is 61.7. The lowest BCUT2D eigenvalue weighted by molar-refractivity contribution is -0.362. The summed E-state index contributed by atoms with van der Waals surface area (Å²) in [4.78, 5) is 55.0. The van der Waals surface area contributed by atoms with Gasteiger partial charge in [0.05, 0.1) is 44.7 Å². The monoisotopic (exact) mass is 1170 g/mol. The van der Waals surface area contributed by atoms with Gasteiger partial charge < -0.3 is 67.3 Å². The Balaban J connectivity index is 1.12. The molecule has 2 N–H and O–H groups in total. The zero-order valence-corrected chi connectivity index (χ0v) is 47.9. The molecule has 3 aliphatic rings. The van der Waals surface area contributed by atoms with Crippen molar-refractivity contribution in [3.05, 3.63) is 210 Å². The third-order valence-electron chi connectivity index (χ3n) is 14.2. The summed E-state index contributed by atoms with van der Waals surface area (Å²) in [5, 5.41) is 15.7. The molecule has 3 fully saturated rings. The summed E-state index contributed by atoms with van der Waals surface area (Å²) >= 11 is 1.30. The van der Waals surface area contributed by atoms with Crippen molar-refractivity contribution in [3.8, 4) is 0 Å². The quantitative estimate of drug-likeness (QED) is 0.0408. The molecule has 444 valence electrons. The Bertz CT molecular complexity index is 2970. The standard InChI is InChI=1S/C65H71NO17S/c1-41-55(74-36-46-25-13-6-14-26-46)60(61(81-62(71)49-31-19-9-20-32-49)65(77-41)84-50-33-21-10-22-34-50)83-63-53(66-42(2)67)58(57(78-44(4)69)52(79-63)40-73-43(3)68)82-64-54(70)59(76-38-48-29-17-8-18-30-48)56(75-37-47-27-15-7-16-28-47)51(80-64)39-72-35-45-23-11-5-12-24-45/h5-34,41,51-61,63-65,70H,35-40H2,1-4H3,(H,66,67)/t41-,51+,52+,53+,54+,55-,56-,57+,58+,59+,60+,61+,63+,64+,65-/m0/s1. The van der Waals surface area contributed by atoms with Gasteiger partial charge in [0.25, 0.3) is 0 Å². The van der Waals surface area contributed by atoms with Crippen molar-refractivity contribution in [1.82, 2.24) is 5.32 Å². The van der Waals surface area contributed by atoms with Crippen LogP contribution in [0.5, 0.6) is 0 Å². The van der Waals surface area contributed by atoms with Crippen LogP contribution in [0.25, 0.3) is 0 Å². The molecule has 3 heterocycles. The van der Waals surface area contributed by atoms with Crippen molar-refractivity contribution < 1.29 is 81.1 Å². The number of thioether (sulfide) groups is 1. The Kier molecular flexibility index (Phi) is 22.6. The van der Waals surface area contributed by atoms with Crippen molar-refractivity contribution in [2.24, 2.45) is 0 Å². The predicted molar refractivity (Wildman–Crippen MR) is 306 cm³/mol. The number of carbonyl (C=O) groups is 4. The molecule has 0 unspecified atom stereocenters. The second-order valence-corrected chi connectivity index (χ2v) is 21.7. The molecule has 3 aliphatic heterocycles. The fraction of sp³-hybridized carbons (Fsp3) is 0.385. The summed E-state index contributed by atoms with van der Waals surface area (Å²) in [5.74, 6) is -2.77. The van der Waals surface area contributed by atoms with Crippen LogP contribution >= 0.6 is 11.8 Å². The molecule has 15 atom stereocenters. The maximum absolute atomic E-state index is 14.4. The second-order valence-electron chi connectivity index (χ2n) is 20.5. The summed E-state index contributed by atoms with van der Waals surface area (Å²) in [6.45, 7) is 5.28. The van der Waals surface area contributed by atoms with E-state index in [9.17, 15) is 24.3 Å². The zero-order valence-electron chi connectivity index (χ0n) is 47.1. The van der Waals surface area contributed by atoms with Gasteiger partial charge in [-0.2, -0.15) is 0 Å². The molecule has 0 spiro atoms. The molecule has 1 amide bonds. The topological polar surface area (TPSA) is 211 Å². The fourth-order valence-electron chi connectivity index (χ4n) is 10.2. The molecule has 0 aromatic heterocycles. The van der Waals surface area contributed by atoms with E-state index in [0.29, 0.717) is 0 Å². The molecule has 9 rings (SSSR count). The first-order valence-electron chi connectivity index (χ1n) is 28.0. The highest BCUT2D eigenvalue weighted by molar-refractivity contribution is 7.99. The van der Waals surface area contributed by atoms with Gasteiger partial charge in [0.1, 0.15) is 66.9 Å². The van der Waals surface area contributed by atoms with E-state index in [1.807, 2.05) is 159 Å². The van der Waals surface area contributed by atoms with Crippen molar-refractivity contribution in [2.45, 2.75) is 150 Å². The van der Waals surface area contributed by atoms with Gasteiger partial charge in [-0.15, -0.1) is 0 Å². The molecular weight excluding hydrogens is 1100 g/mol. The number of aliphatic hydroxyl groups is 1. The average Bonchev–Trinajstić information content (AvgIpc) is 2.10. The maximum Gasteiger partial charge on any atom is 0.338 e. The van der Waals surface area contributed by atoms with Gasteiger partial charge >= 0.3 is 17.9 Å². The Morgan fingerprint density at radius 3 is 1.50 bits per heavy atom. The van der Waals surface area contributed by atoms with Crippen molar-refractivity contribution in [1.29, 1.82) is 0 Å². The number of hydrogen-bond acceptors (Lipinski definition) is 18. The van der Waals surface area contributed by atoms with Crippen LogP contribution in [0.15, 0.2) is 187 Å². The van der Waals surface area contributed by atoms with E-state index < -0.39 is 122 Å². The van der Waals surface area contributed by atoms with Crippen LogP contribution in [0.3, 0.4) is 0 Å². The van der Waals surface area contributed by atoms with Gasteiger partial charge in [0, 0.05) is 25.7 Å². The maximum atomic E-state index is 14.4. The zero-order chi connectivity index (χ0) is 58.8. The van der Waals surface area contributed by atoms with E-state index >= 15 is 0 Å². The molecule has 6 aromatic carbocycles. The second kappa shape index (κ2) is 30.8. The number of rotatable bonds is 25. The van der Waals surface area contributed by atoms with Crippen molar-refractivity contribution in [2.75, 3.05) is 13.2 Å². The van der Waals surface area contributed by atoms with Crippen LogP contribution in [0.1, 0.15) is 60.3 Å². The third kappa shape index (κ3) is 17.2. The first-order chi connectivity index (χ1) is 40.9. The van der Waals surface area contributed by atoms with E-state index in [1.165, 1.54) is 32.5 Å². The highest BCUT2D eigenvalue weighted by Gasteiger charge is 2.57. The molecular formula is C65H71NO17S. The van der Waals surface area contributed by atoms with Gasteiger partial charge in [0.15, 0.2) is 24.8 Å². The average molecular weight is 1170 g/mol. The molecule has 0 saturated carbocycles. The summed E-state index contributed by atoms with van der Waals surface area (Å²) in [6.07, 6.45) is -16.8. The van der Waals surface area contributed by atoms with Crippen LogP contribution < -0.4 is 5.32 Å². The van der Waals surface area contributed by atoms with Gasteiger partial charge in [-0.1, -0.05) is 169 Å². The smallest absolute Gasteiger partial charge is 0.338 e. The number of amides is 1. The van der Waals surface area contributed by atoms with Gasteiger partial charge in [-0.25, -0.2) is 4.79 Å². The van der Waals surface area contributed by atoms with Crippen LogP contribution in [0.4, 0.5) is 0 Å². The number of hydrogen-bond donors (Lipinski definition) is 2. The minimum Gasteiger partial charge on any atom is -0.463 e. The van der Waals surface area contributed by atoms with Crippen LogP contribution in [-0.4, -0.2) is 133 Å². The summed E-state index contributed by atoms with van der Waals surface area (Å²) < 4.78 is 79.2. The van der Waals surface area contributed by atoms with E-state index in [0.717, 1.165) is 27.1 Å². The molecule has 0 bridgehead atoms. The normalized spacial score (nSPS) is 27.7. The van der Waals surface area contributed by atoms with E-state index in [4.69, 9.17) is 56.8 Å². The van der Waals surface area contributed by atoms with Gasteiger partial charge in [-0.05, 0) is 53.4 Å². The Labute approximate surface area is 493 Å². The van der Waals surface area contributed by atoms with Crippen LogP contribution in [-0.2, 0) is 97.7 Å². The fourth-order valence-corrected chi connectivity index (χ4v) is 11.4.